The van der Waals surface area contributed by atoms with Gasteiger partial charge in [0.25, 0.3) is 5.91 Å². The largest absolute Gasteiger partial charge is 0.449 e. The van der Waals surface area contributed by atoms with Gasteiger partial charge in [-0.15, -0.1) is 0 Å². The second-order valence-electron chi connectivity index (χ2n) is 6.14. The molecule has 0 unspecified atom stereocenters. The van der Waals surface area contributed by atoms with Gasteiger partial charge in [0.2, 0.25) is 0 Å². The van der Waals surface area contributed by atoms with E-state index in [4.69, 9.17) is 4.74 Å². The molecule has 1 fully saturated rings. The van der Waals surface area contributed by atoms with Gasteiger partial charge in [-0.25, -0.2) is 13.2 Å². The van der Waals surface area contributed by atoms with Crippen molar-refractivity contribution in [1.29, 1.82) is 0 Å². The second-order valence-corrected chi connectivity index (χ2v) is 8.37. The van der Waals surface area contributed by atoms with Crippen LogP contribution in [0.15, 0.2) is 30.3 Å². The topological polar surface area (TPSA) is 89.5 Å². The second kappa shape index (κ2) is 8.12. The molecule has 1 aromatic rings. The third kappa shape index (κ3) is 6.38. The van der Waals surface area contributed by atoms with Crippen molar-refractivity contribution >= 4 is 27.8 Å². The Balaban J connectivity index is 1.85. The van der Waals surface area contributed by atoms with Crippen LogP contribution in [-0.4, -0.2) is 43.9 Å². The smallest absolute Gasteiger partial charge is 0.416 e. The number of esters is 1. The fraction of sp³-hybridized carbons (Fsp3) is 0.412. The Morgan fingerprint density at radius 3 is 2.41 bits per heavy atom. The number of hydrogen-bond donors (Lipinski definition) is 1. The van der Waals surface area contributed by atoms with E-state index in [1.54, 1.807) is 0 Å². The fourth-order valence-corrected chi connectivity index (χ4v) is 4.12. The lowest BCUT2D eigenvalue weighted by Gasteiger charge is -2.15. The summed E-state index contributed by atoms with van der Waals surface area (Å²) >= 11 is 0. The van der Waals surface area contributed by atoms with Crippen LogP contribution in [0.25, 0.3) is 6.08 Å². The summed E-state index contributed by atoms with van der Waals surface area (Å²) in [4.78, 5) is 23.7. The van der Waals surface area contributed by atoms with Gasteiger partial charge < -0.3 is 10.1 Å². The van der Waals surface area contributed by atoms with Crippen molar-refractivity contribution in [2.24, 2.45) is 0 Å². The van der Waals surface area contributed by atoms with E-state index in [0.29, 0.717) is 12.0 Å². The first-order valence-corrected chi connectivity index (χ1v) is 9.85. The number of benzene rings is 1. The molecule has 1 aliphatic rings. The molecule has 0 spiro atoms. The first kappa shape index (κ1) is 20.9. The Labute approximate surface area is 154 Å². The molecule has 1 aliphatic heterocycles. The zero-order valence-corrected chi connectivity index (χ0v) is 15.1. The van der Waals surface area contributed by atoms with Crippen LogP contribution in [-0.2, 0) is 30.3 Å². The third-order valence-electron chi connectivity index (χ3n) is 3.89. The molecule has 148 valence electrons. The van der Waals surface area contributed by atoms with Crippen molar-refractivity contribution in [2.45, 2.75) is 31.7 Å². The minimum Gasteiger partial charge on any atom is -0.449 e. The number of alkyl halides is 3. The summed E-state index contributed by atoms with van der Waals surface area (Å²) in [5, 5.41) is 2.51. The molecule has 10 heteroatoms. The summed E-state index contributed by atoms with van der Waals surface area (Å²) in [5.74, 6) is -1.61. The maximum absolute atomic E-state index is 12.5. The van der Waals surface area contributed by atoms with Gasteiger partial charge in [-0.2, -0.15) is 13.2 Å². The summed E-state index contributed by atoms with van der Waals surface area (Å²) in [6, 6.07) is 3.66. The monoisotopic (exact) mass is 405 g/mol. The molecule has 1 heterocycles. The summed E-state index contributed by atoms with van der Waals surface area (Å²) in [6.07, 6.45) is -3.02. The van der Waals surface area contributed by atoms with Crippen LogP contribution < -0.4 is 5.32 Å². The summed E-state index contributed by atoms with van der Waals surface area (Å²) in [6.45, 7) is 1.34. The Morgan fingerprint density at radius 1 is 1.26 bits per heavy atom. The Bertz CT molecular complexity index is 831. The van der Waals surface area contributed by atoms with E-state index in [-0.39, 0.29) is 11.5 Å². The number of halogens is 3. The van der Waals surface area contributed by atoms with Crippen LogP contribution in [0, 0.1) is 0 Å². The van der Waals surface area contributed by atoms with Gasteiger partial charge >= 0.3 is 12.1 Å². The fourth-order valence-electron chi connectivity index (χ4n) is 2.44. The average molecular weight is 405 g/mol. The van der Waals surface area contributed by atoms with Gasteiger partial charge in [-0.05, 0) is 37.1 Å². The molecular weight excluding hydrogens is 387 g/mol. The number of nitrogens with one attached hydrogen (secondary N) is 1. The van der Waals surface area contributed by atoms with Crippen LogP contribution in [0.2, 0.25) is 0 Å². The summed E-state index contributed by atoms with van der Waals surface area (Å²) < 4.78 is 65.1. The Hall–Kier alpha value is -2.36. The molecule has 2 atom stereocenters. The number of amides is 1. The molecule has 1 saturated heterocycles. The van der Waals surface area contributed by atoms with Crippen LogP contribution in [0.1, 0.15) is 24.5 Å². The lowest BCUT2D eigenvalue weighted by atomic mass is 10.1. The zero-order valence-electron chi connectivity index (χ0n) is 14.3. The first-order valence-electron chi connectivity index (χ1n) is 8.03. The maximum atomic E-state index is 12.5. The lowest BCUT2D eigenvalue weighted by molar-refractivity contribution is -0.150. The zero-order chi connectivity index (χ0) is 20.2. The van der Waals surface area contributed by atoms with Gasteiger partial charge in [0, 0.05) is 12.1 Å². The number of carbonyl (C=O) groups excluding carboxylic acids is 2. The molecule has 1 amide bonds. The highest BCUT2D eigenvalue weighted by atomic mass is 32.2. The predicted molar refractivity (Wildman–Crippen MR) is 91.2 cm³/mol. The van der Waals surface area contributed by atoms with E-state index in [1.165, 1.54) is 25.1 Å². The van der Waals surface area contributed by atoms with E-state index in [2.05, 4.69) is 5.32 Å². The molecule has 0 aliphatic carbocycles. The van der Waals surface area contributed by atoms with E-state index in [1.807, 2.05) is 0 Å². The van der Waals surface area contributed by atoms with Crippen LogP contribution in [0.5, 0.6) is 0 Å². The van der Waals surface area contributed by atoms with E-state index >= 15 is 0 Å². The Kier molecular flexibility index (Phi) is 6.30. The lowest BCUT2D eigenvalue weighted by Crippen LogP contribution is -2.42. The van der Waals surface area contributed by atoms with Gasteiger partial charge in [0.05, 0.1) is 17.1 Å². The molecule has 1 N–H and O–H groups in total. The maximum Gasteiger partial charge on any atom is 0.416 e. The van der Waals surface area contributed by atoms with E-state index in [9.17, 15) is 31.2 Å². The first-order chi connectivity index (χ1) is 12.5. The molecule has 0 aromatic heterocycles. The predicted octanol–water partition coefficient (Wildman–Crippen LogP) is 1.95. The van der Waals surface area contributed by atoms with Crippen molar-refractivity contribution in [3.8, 4) is 0 Å². The number of sulfone groups is 1. The van der Waals surface area contributed by atoms with Gasteiger partial charge in [0.15, 0.2) is 15.9 Å². The molecule has 6 nitrogen and oxygen atoms in total. The van der Waals surface area contributed by atoms with E-state index < -0.39 is 45.6 Å². The number of hydrogen-bond acceptors (Lipinski definition) is 5. The van der Waals surface area contributed by atoms with Crippen LogP contribution >= 0.6 is 0 Å². The van der Waals surface area contributed by atoms with E-state index in [0.717, 1.165) is 18.2 Å². The molecule has 27 heavy (non-hydrogen) atoms. The van der Waals surface area contributed by atoms with Crippen molar-refractivity contribution in [1.82, 2.24) is 5.32 Å². The van der Waals surface area contributed by atoms with Gasteiger partial charge in [0.1, 0.15) is 0 Å². The Morgan fingerprint density at radius 2 is 1.89 bits per heavy atom. The minimum atomic E-state index is -4.44. The molecule has 2 rings (SSSR count). The third-order valence-corrected chi connectivity index (χ3v) is 5.66. The molecular formula is C17H18F3NO5S. The standard InChI is InChI=1S/C17H18F3NO5S/c1-11(16(23)21-14-8-9-27(24,25)10-14)26-15(22)7-4-12-2-5-13(6-3-12)17(18,19)20/h2-7,11,14H,8-10H2,1H3,(H,21,23)/b7-4+/t11-,14+/m0/s1. The summed E-state index contributed by atoms with van der Waals surface area (Å²) in [5.41, 5.74) is -0.449. The average Bonchev–Trinajstić information content (AvgIpc) is 2.91. The van der Waals surface area contributed by atoms with Crippen LogP contribution in [0.3, 0.4) is 0 Å². The molecule has 0 radical (unpaired) electrons. The molecule has 0 saturated carbocycles. The van der Waals surface area contributed by atoms with Crippen LogP contribution in [0.4, 0.5) is 13.2 Å². The van der Waals surface area contributed by atoms with Crippen molar-refractivity contribution in [2.75, 3.05) is 11.5 Å². The molecule has 1 aromatic carbocycles. The van der Waals surface area contributed by atoms with Crippen molar-refractivity contribution in [3.05, 3.63) is 41.5 Å². The quantitative estimate of drug-likeness (QED) is 0.598. The highest BCUT2D eigenvalue weighted by Gasteiger charge is 2.31. The van der Waals surface area contributed by atoms with Crippen molar-refractivity contribution < 1.29 is 35.9 Å². The highest BCUT2D eigenvalue weighted by molar-refractivity contribution is 7.91. The number of ether oxygens (including phenoxy) is 1. The van der Waals surface area contributed by atoms with Gasteiger partial charge in [-0.1, -0.05) is 12.1 Å². The molecule has 0 bridgehead atoms. The SMILES string of the molecule is C[C@H](OC(=O)/C=C/c1ccc(C(F)(F)F)cc1)C(=O)N[C@@H]1CCS(=O)(=O)C1. The summed E-state index contributed by atoms with van der Waals surface area (Å²) in [7, 11) is -3.15. The minimum absolute atomic E-state index is 0.00197. The van der Waals surface area contributed by atoms with Gasteiger partial charge in [-0.3, -0.25) is 4.79 Å². The normalized spacial score (nSPS) is 20.4. The highest BCUT2D eigenvalue weighted by Crippen LogP contribution is 2.29. The number of rotatable bonds is 5. The van der Waals surface area contributed by atoms with Crippen molar-refractivity contribution in [3.63, 3.8) is 0 Å². The number of carbonyl (C=O) groups is 2.